The first kappa shape index (κ1) is 22.3. The van der Waals surface area contributed by atoms with E-state index < -0.39 is 17.6 Å². The number of H-pyrrole nitrogens is 1. The third kappa shape index (κ3) is 5.69. The van der Waals surface area contributed by atoms with Crippen LogP contribution >= 0.6 is 0 Å². The monoisotopic (exact) mass is 455 g/mol. The quantitative estimate of drug-likeness (QED) is 0.348. The van der Waals surface area contributed by atoms with E-state index in [0.717, 1.165) is 29.8 Å². The summed E-state index contributed by atoms with van der Waals surface area (Å²) in [5, 5.41) is 10.2. The molecule has 0 aliphatic heterocycles. The molecule has 1 aromatic heterocycles. The Balaban J connectivity index is 1.32. The lowest BCUT2D eigenvalue weighted by atomic mass is 10.1. The van der Waals surface area contributed by atoms with E-state index in [1.54, 1.807) is 18.2 Å². The molecule has 0 bridgehead atoms. The molecule has 0 spiro atoms. The van der Waals surface area contributed by atoms with Gasteiger partial charge in [0.1, 0.15) is 12.4 Å². The topological polar surface area (TPSA) is 76.2 Å². The van der Waals surface area contributed by atoms with Gasteiger partial charge in [-0.2, -0.15) is 18.3 Å². The van der Waals surface area contributed by atoms with Gasteiger partial charge >= 0.3 is 6.18 Å². The van der Waals surface area contributed by atoms with E-state index in [4.69, 9.17) is 9.47 Å². The van der Waals surface area contributed by atoms with Crippen molar-refractivity contribution in [2.75, 3.05) is 18.5 Å². The highest BCUT2D eigenvalue weighted by atomic mass is 19.4. The Morgan fingerprint density at radius 1 is 0.970 bits per heavy atom. The van der Waals surface area contributed by atoms with Gasteiger partial charge < -0.3 is 14.8 Å². The molecule has 1 amide bonds. The minimum absolute atomic E-state index is 0.0922. The van der Waals surface area contributed by atoms with Crippen LogP contribution in [0.3, 0.4) is 0 Å². The molecule has 4 aromatic rings. The van der Waals surface area contributed by atoms with Gasteiger partial charge in [0.15, 0.2) is 5.82 Å². The molecule has 0 saturated carbocycles. The molecule has 4 rings (SSSR count). The number of anilines is 1. The summed E-state index contributed by atoms with van der Waals surface area (Å²) in [5.74, 6) is 0.315. The molecular weight excluding hydrogens is 435 g/mol. The highest BCUT2D eigenvalue weighted by Gasteiger charge is 2.30. The van der Waals surface area contributed by atoms with Crippen LogP contribution in [-0.2, 0) is 17.5 Å². The SMILES string of the molecule is O=C(Nc1n[nH]c2cc(OCCOCc3ccccc3)ccc12)c1ccc(C(F)(F)F)cc1. The van der Waals surface area contributed by atoms with Crippen LogP contribution in [0.15, 0.2) is 72.8 Å². The number of benzene rings is 3. The van der Waals surface area contributed by atoms with Crippen molar-refractivity contribution in [1.29, 1.82) is 0 Å². The maximum Gasteiger partial charge on any atom is 0.416 e. The lowest BCUT2D eigenvalue weighted by Crippen LogP contribution is -2.13. The second-order valence-electron chi connectivity index (χ2n) is 7.20. The second-order valence-corrected chi connectivity index (χ2v) is 7.20. The van der Waals surface area contributed by atoms with Crippen LogP contribution in [0.25, 0.3) is 10.9 Å². The molecule has 3 aromatic carbocycles. The molecule has 0 aliphatic rings. The van der Waals surface area contributed by atoms with E-state index in [1.165, 1.54) is 0 Å². The zero-order valence-corrected chi connectivity index (χ0v) is 17.4. The Hall–Kier alpha value is -3.85. The number of alkyl halides is 3. The van der Waals surface area contributed by atoms with E-state index in [1.807, 2.05) is 30.3 Å². The Morgan fingerprint density at radius 2 is 1.73 bits per heavy atom. The number of ether oxygens (including phenoxy) is 2. The molecule has 33 heavy (non-hydrogen) atoms. The number of nitrogens with zero attached hydrogens (tertiary/aromatic N) is 1. The van der Waals surface area contributed by atoms with Gasteiger partial charge in [0.05, 0.1) is 24.3 Å². The molecule has 0 radical (unpaired) electrons. The molecule has 9 heteroatoms. The summed E-state index contributed by atoms with van der Waals surface area (Å²) in [7, 11) is 0. The molecule has 0 atom stereocenters. The molecule has 0 saturated heterocycles. The van der Waals surface area contributed by atoms with Crippen LogP contribution in [0.5, 0.6) is 5.75 Å². The van der Waals surface area contributed by atoms with Crippen molar-refractivity contribution in [3.8, 4) is 5.75 Å². The van der Waals surface area contributed by atoms with Gasteiger partial charge in [-0.1, -0.05) is 30.3 Å². The number of carbonyl (C=O) groups excluding carboxylic acids is 1. The van der Waals surface area contributed by atoms with Gasteiger partial charge in [-0.15, -0.1) is 0 Å². The van der Waals surface area contributed by atoms with Crippen LogP contribution in [0.4, 0.5) is 19.0 Å². The van der Waals surface area contributed by atoms with Crippen molar-refractivity contribution in [1.82, 2.24) is 10.2 Å². The summed E-state index contributed by atoms with van der Waals surface area (Å²) in [4.78, 5) is 12.4. The summed E-state index contributed by atoms with van der Waals surface area (Å²) < 4.78 is 49.4. The van der Waals surface area contributed by atoms with Gasteiger partial charge in [-0.25, -0.2) is 0 Å². The standard InChI is InChI=1S/C24H20F3N3O3/c25-24(26,27)18-8-6-17(7-9-18)23(31)28-22-20-11-10-19(14-21(20)29-30-22)33-13-12-32-15-16-4-2-1-3-5-16/h1-11,14H,12-13,15H2,(H2,28,29,30,31). The second kappa shape index (κ2) is 9.74. The van der Waals surface area contributed by atoms with Crippen LogP contribution in [0.2, 0.25) is 0 Å². The van der Waals surface area contributed by atoms with Gasteiger partial charge in [-0.05, 0) is 42.0 Å². The molecular formula is C24H20F3N3O3. The van der Waals surface area contributed by atoms with E-state index in [9.17, 15) is 18.0 Å². The van der Waals surface area contributed by atoms with E-state index in [-0.39, 0.29) is 11.4 Å². The Morgan fingerprint density at radius 3 is 2.45 bits per heavy atom. The highest BCUT2D eigenvalue weighted by Crippen LogP contribution is 2.29. The predicted molar refractivity (Wildman–Crippen MR) is 117 cm³/mol. The lowest BCUT2D eigenvalue weighted by molar-refractivity contribution is -0.137. The summed E-state index contributed by atoms with van der Waals surface area (Å²) in [5.41, 5.74) is 1.000. The third-order valence-corrected chi connectivity index (χ3v) is 4.85. The number of carbonyl (C=O) groups is 1. The fourth-order valence-electron chi connectivity index (χ4n) is 3.16. The number of nitrogens with one attached hydrogen (secondary N) is 2. The minimum Gasteiger partial charge on any atom is -0.491 e. The summed E-state index contributed by atoms with van der Waals surface area (Å²) >= 11 is 0. The van der Waals surface area contributed by atoms with Crippen molar-refractivity contribution in [3.63, 3.8) is 0 Å². The molecule has 2 N–H and O–H groups in total. The number of halogens is 3. The van der Waals surface area contributed by atoms with Crippen molar-refractivity contribution in [3.05, 3.63) is 89.5 Å². The molecule has 170 valence electrons. The number of fused-ring (bicyclic) bond motifs is 1. The smallest absolute Gasteiger partial charge is 0.416 e. The van der Waals surface area contributed by atoms with E-state index >= 15 is 0 Å². The van der Waals surface area contributed by atoms with Crippen LogP contribution < -0.4 is 10.1 Å². The Labute approximate surface area is 187 Å². The average molecular weight is 455 g/mol. The molecule has 0 aliphatic carbocycles. The molecule has 0 unspecified atom stereocenters. The van der Waals surface area contributed by atoms with Gasteiger partial charge in [0, 0.05) is 17.0 Å². The third-order valence-electron chi connectivity index (χ3n) is 4.85. The van der Waals surface area contributed by atoms with Crippen molar-refractivity contribution >= 4 is 22.6 Å². The van der Waals surface area contributed by atoms with Gasteiger partial charge in [0.2, 0.25) is 0 Å². The first-order valence-electron chi connectivity index (χ1n) is 10.1. The maximum absolute atomic E-state index is 12.7. The summed E-state index contributed by atoms with van der Waals surface area (Å²) in [6, 6.07) is 19.0. The number of aromatic nitrogens is 2. The van der Waals surface area contributed by atoms with Crippen molar-refractivity contribution in [2.24, 2.45) is 0 Å². The fourth-order valence-corrected chi connectivity index (χ4v) is 3.16. The largest absolute Gasteiger partial charge is 0.491 e. The first-order valence-corrected chi connectivity index (χ1v) is 10.1. The zero-order valence-electron chi connectivity index (χ0n) is 17.4. The van der Waals surface area contributed by atoms with Gasteiger partial charge in [-0.3, -0.25) is 9.89 Å². The Bertz CT molecular complexity index is 1220. The minimum atomic E-state index is -4.46. The zero-order chi connectivity index (χ0) is 23.3. The van der Waals surface area contributed by atoms with Crippen molar-refractivity contribution in [2.45, 2.75) is 12.8 Å². The average Bonchev–Trinajstić information content (AvgIpc) is 3.21. The molecule has 1 heterocycles. The van der Waals surface area contributed by atoms with Crippen LogP contribution in [-0.4, -0.2) is 29.3 Å². The number of rotatable bonds is 8. The van der Waals surface area contributed by atoms with Crippen LogP contribution in [0.1, 0.15) is 21.5 Å². The van der Waals surface area contributed by atoms with Crippen molar-refractivity contribution < 1.29 is 27.4 Å². The first-order chi connectivity index (χ1) is 15.9. The normalized spacial score (nSPS) is 11.5. The highest BCUT2D eigenvalue weighted by molar-refractivity contribution is 6.07. The maximum atomic E-state index is 12.7. The van der Waals surface area contributed by atoms with E-state index in [2.05, 4.69) is 15.5 Å². The number of amides is 1. The number of aromatic amines is 1. The predicted octanol–water partition coefficient (Wildman–Crippen LogP) is 5.43. The summed E-state index contributed by atoms with van der Waals surface area (Å²) in [6.45, 7) is 1.29. The van der Waals surface area contributed by atoms with Crippen LogP contribution in [0, 0.1) is 0 Å². The fraction of sp³-hybridized carbons (Fsp3) is 0.167. The lowest BCUT2D eigenvalue weighted by Gasteiger charge is -2.08. The number of hydrogen-bond acceptors (Lipinski definition) is 4. The summed E-state index contributed by atoms with van der Waals surface area (Å²) in [6.07, 6.45) is -4.46. The number of hydrogen-bond donors (Lipinski definition) is 2. The van der Waals surface area contributed by atoms with E-state index in [0.29, 0.717) is 36.5 Å². The Kier molecular flexibility index (Phi) is 6.60. The molecule has 6 nitrogen and oxygen atoms in total. The van der Waals surface area contributed by atoms with Gasteiger partial charge in [0.25, 0.3) is 5.91 Å². The molecule has 0 fully saturated rings.